The average molecular weight is 307 g/mol. The van der Waals surface area contributed by atoms with E-state index in [1.165, 1.54) is 0 Å². The highest BCUT2D eigenvalue weighted by molar-refractivity contribution is 9.10. The van der Waals surface area contributed by atoms with Crippen LogP contribution in [0, 0.1) is 0 Å². The Kier molecular flexibility index (Phi) is 4.73. The number of aromatic nitrogens is 1. The molecule has 0 spiro atoms. The Balaban J connectivity index is 1.92. The molecule has 0 aliphatic heterocycles. The molecule has 0 aliphatic rings. The lowest BCUT2D eigenvalue weighted by Gasteiger charge is -2.08. The van der Waals surface area contributed by atoms with Crippen molar-refractivity contribution < 1.29 is 4.74 Å². The summed E-state index contributed by atoms with van der Waals surface area (Å²) >= 11 is 3.45. The minimum absolute atomic E-state index is 0.552. The molecule has 18 heavy (non-hydrogen) atoms. The molecule has 1 aromatic carbocycles. The molecule has 0 saturated carbocycles. The second-order valence-electron chi connectivity index (χ2n) is 3.88. The molecule has 4 heteroatoms. The van der Waals surface area contributed by atoms with Crippen LogP contribution in [-0.2, 0) is 18.0 Å². The van der Waals surface area contributed by atoms with E-state index in [1.807, 2.05) is 37.4 Å². The first-order valence-corrected chi connectivity index (χ1v) is 6.52. The molecule has 2 rings (SSSR count). The normalized spacial score (nSPS) is 10.3. The highest BCUT2D eigenvalue weighted by atomic mass is 79.9. The number of hydrogen-bond donors (Lipinski definition) is 1. The number of anilines is 1. The van der Waals surface area contributed by atoms with Gasteiger partial charge in [-0.3, -0.25) is 0 Å². The van der Waals surface area contributed by atoms with Gasteiger partial charge in [0.2, 0.25) is 0 Å². The van der Waals surface area contributed by atoms with Crippen LogP contribution < -0.4 is 5.32 Å². The molecule has 0 amide bonds. The Bertz CT molecular complexity index is 517. The monoisotopic (exact) mass is 306 g/mol. The number of benzene rings is 1. The van der Waals surface area contributed by atoms with Crippen LogP contribution in [-0.4, -0.2) is 12.0 Å². The summed E-state index contributed by atoms with van der Waals surface area (Å²) in [5.41, 5.74) is 2.22. The van der Waals surface area contributed by atoms with Crippen LogP contribution in [0.15, 0.2) is 47.1 Å². The zero-order chi connectivity index (χ0) is 12.8. The van der Waals surface area contributed by atoms with Crippen LogP contribution in [0.4, 0.5) is 5.82 Å². The van der Waals surface area contributed by atoms with Crippen LogP contribution in [0.3, 0.4) is 0 Å². The van der Waals surface area contributed by atoms with Gasteiger partial charge in [-0.05, 0) is 23.8 Å². The molecule has 0 atom stereocenters. The maximum absolute atomic E-state index is 5.70. The minimum atomic E-state index is 0.552. The quantitative estimate of drug-likeness (QED) is 0.916. The fourth-order valence-corrected chi connectivity index (χ4v) is 2.13. The topological polar surface area (TPSA) is 34.2 Å². The molecule has 1 N–H and O–H groups in total. The smallest absolute Gasteiger partial charge is 0.131 e. The van der Waals surface area contributed by atoms with Crippen LogP contribution >= 0.6 is 15.9 Å². The first kappa shape index (κ1) is 13.1. The Morgan fingerprint density at radius 1 is 1.22 bits per heavy atom. The highest BCUT2D eigenvalue weighted by Crippen LogP contribution is 2.15. The Labute approximate surface area is 115 Å². The van der Waals surface area contributed by atoms with Gasteiger partial charge < -0.3 is 10.1 Å². The summed E-state index contributed by atoms with van der Waals surface area (Å²) in [6, 6.07) is 12.0. The average Bonchev–Trinajstić information content (AvgIpc) is 2.39. The summed E-state index contributed by atoms with van der Waals surface area (Å²) in [6.07, 6.45) is 1.77. The fraction of sp³-hybridized carbons (Fsp3) is 0.214. The van der Waals surface area contributed by atoms with Gasteiger partial charge in [0.05, 0.1) is 13.2 Å². The first-order valence-electron chi connectivity index (χ1n) is 5.73. The molecule has 0 unspecified atom stereocenters. The molecule has 0 bridgehead atoms. The van der Waals surface area contributed by atoms with E-state index in [2.05, 4.69) is 32.3 Å². The number of ether oxygens (including phenoxy) is 1. The molecule has 0 fully saturated rings. The molecule has 1 heterocycles. The fourth-order valence-electron chi connectivity index (χ4n) is 1.69. The van der Waals surface area contributed by atoms with Crippen molar-refractivity contribution in [2.75, 3.05) is 12.4 Å². The maximum atomic E-state index is 5.70. The van der Waals surface area contributed by atoms with Gasteiger partial charge in [-0.2, -0.15) is 0 Å². The molecule has 94 valence electrons. The van der Waals surface area contributed by atoms with Crippen LogP contribution in [0.2, 0.25) is 0 Å². The summed E-state index contributed by atoms with van der Waals surface area (Å²) in [6.45, 7) is 1.15. The van der Waals surface area contributed by atoms with E-state index in [9.17, 15) is 0 Å². The van der Waals surface area contributed by atoms with Gasteiger partial charge in [0.25, 0.3) is 0 Å². The third-order valence-corrected chi connectivity index (χ3v) is 3.04. The third kappa shape index (κ3) is 3.55. The van der Waals surface area contributed by atoms with E-state index in [0.29, 0.717) is 13.2 Å². The molecule has 1 aromatic heterocycles. The summed E-state index contributed by atoms with van der Waals surface area (Å²) in [5.74, 6) is 0.867. The molecule has 2 aromatic rings. The lowest BCUT2D eigenvalue weighted by atomic mass is 10.2. The zero-order valence-electron chi connectivity index (χ0n) is 10.2. The number of rotatable bonds is 5. The summed E-state index contributed by atoms with van der Waals surface area (Å²) in [4.78, 5) is 4.24. The summed E-state index contributed by atoms with van der Waals surface area (Å²) < 4.78 is 6.77. The van der Waals surface area contributed by atoms with Crippen molar-refractivity contribution in [1.82, 2.24) is 4.98 Å². The van der Waals surface area contributed by atoms with Crippen molar-refractivity contribution in [2.45, 2.75) is 13.2 Å². The van der Waals surface area contributed by atoms with Gasteiger partial charge in [-0.15, -0.1) is 0 Å². The Hall–Kier alpha value is -1.39. The molecule has 0 aliphatic carbocycles. The zero-order valence-corrected chi connectivity index (χ0v) is 11.8. The lowest BCUT2D eigenvalue weighted by Crippen LogP contribution is -2.00. The predicted octanol–water partition coefficient (Wildman–Crippen LogP) is 3.60. The van der Waals surface area contributed by atoms with Crippen molar-refractivity contribution in [2.24, 2.45) is 0 Å². The number of nitrogens with zero attached hydrogens (tertiary/aromatic N) is 1. The summed E-state index contributed by atoms with van der Waals surface area (Å²) in [7, 11) is 1.86. The van der Waals surface area contributed by atoms with Gasteiger partial charge in [0, 0.05) is 23.3 Å². The Morgan fingerprint density at radius 3 is 2.89 bits per heavy atom. The number of nitrogens with one attached hydrogen (secondary N) is 1. The van der Waals surface area contributed by atoms with E-state index in [1.54, 1.807) is 6.20 Å². The molecule has 0 radical (unpaired) electrons. The largest absolute Gasteiger partial charge is 0.373 e. The number of halogens is 1. The molecular formula is C14H15BrN2O. The van der Waals surface area contributed by atoms with E-state index in [0.717, 1.165) is 21.4 Å². The van der Waals surface area contributed by atoms with Gasteiger partial charge in [-0.1, -0.05) is 34.1 Å². The van der Waals surface area contributed by atoms with Crippen molar-refractivity contribution >= 4 is 21.7 Å². The van der Waals surface area contributed by atoms with Gasteiger partial charge in [0.1, 0.15) is 5.82 Å². The van der Waals surface area contributed by atoms with Gasteiger partial charge in [0.15, 0.2) is 0 Å². The highest BCUT2D eigenvalue weighted by Gasteiger charge is 2.01. The van der Waals surface area contributed by atoms with Crippen molar-refractivity contribution in [3.8, 4) is 0 Å². The minimum Gasteiger partial charge on any atom is -0.373 e. The van der Waals surface area contributed by atoms with Gasteiger partial charge in [-0.25, -0.2) is 4.98 Å². The van der Waals surface area contributed by atoms with Crippen molar-refractivity contribution in [3.05, 3.63) is 58.2 Å². The second kappa shape index (κ2) is 6.52. The van der Waals surface area contributed by atoms with E-state index < -0.39 is 0 Å². The molecule has 0 saturated heterocycles. The van der Waals surface area contributed by atoms with Crippen LogP contribution in [0.5, 0.6) is 0 Å². The number of pyridine rings is 1. The van der Waals surface area contributed by atoms with Crippen LogP contribution in [0.1, 0.15) is 11.1 Å². The molecule has 3 nitrogen and oxygen atoms in total. The first-order chi connectivity index (χ1) is 8.79. The SMILES string of the molecule is CNc1ncccc1COCc1cccc(Br)c1. The van der Waals surface area contributed by atoms with Gasteiger partial charge >= 0.3 is 0 Å². The predicted molar refractivity (Wildman–Crippen MR) is 76.4 cm³/mol. The van der Waals surface area contributed by atoms with E-state index in [-0.39, 0.29) is 0 Å². The standard InChI is InChI=1S/C14H15BrN2O/c1-16-14-12(5-3-7-17-14)10-18-9-11-4-2-6-13(15)8-11/h2-8H,9-10H2,1H3,(H,16,17). The number of hydrogen-bond acceptors (Lipinski definition) is 3. The van der Waals surface area contributed by atoms with Crippen molar-refractivity contribution in [1.29, 1.82) is 0 Å². The van der Waals surface area contributed by atoms with E-state index in [4.69, 9.17) is 4.74 Å². The van der Waals surface area contributed by atoms with E-state index >= 15 is 0 Å². The maximum Gasteiger partial charge on any atom is 0.131 e. The third-order valence-electron chi connectivity index (χ3n) is 2.54. The van der Waals surface area contributed by atoms with Crippen LogP contribution in [0.25, 0.3) is 0 Å². The Morgan fingerprint density at radius 2 is 2.11 bits per heavy atom. The summed E-state index contributed by atoms with van der Waals surface area (Å²) in [5, 5.41) is 3.05. The lowest BCUT2D eigenvalue weighted by molar-refractivity contribution is 0.107. The van der Waals surface area contributed by atoms with Crippen molar-refractivity contribution in [3.63, 3.8) is 0 Å². The molecular weight excluding hydrogens is 292 g/mol. The second-order valence-corrected chi connectivity index (χ2v) is 4.80.